The van der Waals surface area contributed by atoms with E-state index in [9.17, 15) is 9.18 Å². The standard InChI is InChI=1S/C27H26FN3O3S/c1-15-8-13-20(16(2)14-15)29-25(32)22-23-19-6-5-7-21(33-4)24(19)34-27(22,3)31(26(35)30-23)18-11-9-17(28)10-12-18/h5-14,22-23H,1-4H3,(H,29,32)(H,30,35)/t22-,23+,27+/m0/s1. The number of hydrogen-bond acceptors (Lipinski definition) is 4. The van der Waals surface area contributed by atoms with E-state index < -0.39 is 17.7 Å². The molecule has 0 radical (unpaired) electrons. The van der Waals surface area contributed by atoms with Gasteiger partial charge in [-0.05, 0) is 75.0 Å². The lowest BCUT2D eigenvalue weighted by Crippen LogP contribution is -2.72. The largest absolute Gasteiger partial charge is 0.493 e. The van der Waals surface area contributed by atoms with Gasteiger partial charge in [0.05, 0.1) is 13.2 Å². The number of fused-ring (bicyclic) bond motifs is 4. The number of carbonyl (C=O) groups excluding carboxylic acids is 1. The number of benzene rings is 3. The highest BCUT2D eigenvalue weighted by Gasteiger charge is 2.59. The molecule has 5 rings (SSSR count). The molecule has 2 bridgehead atoms. The van der Waals surface area contributed by atoms with Crippen LogP contribution in [-0.2, 0) is 4.79 Å². The van der Waals surface area contributed by atoms with Gasteiger partial charge >= 0.3 is 0 Å². The van der Waals surface area contributed by atoms with E-state index in [1.807, 2.05) is 57.2 Å². The Labute approximate surface area is 209 Å². The predicted octanol–water partition coefficient (Wildman–Crippen LogP) is 5.25. The second-order valence-corrected chi connectivity index (χ2v) is 9.45. The number of para-hydroxylation sites is 1. The van der Waals surface area contributed by atoms with Crippen molar-refractivity contribution in [3.63, 3.8) is 0 Å². The van der Waals surface area contributed by atoms with Crippen LogP contribution in [0.5, 0.6) is 11.5 Å². The molecule has 0 saturated carbocycles. The number of carbonyl (C=O) groups is 1. The van der Waals surface area contributed by atoms with E-state index in [0.717, 1.165) is 22.4 Å². The molecular weight excluding hydrogens is 465 g/mol. The van der Waals surface area contributed by atoms with Crippen LogP contribution in [0.4, 0.5) is 15.8 Å². The Morgan fingerprint density at radius 1 is 1.17 bits per heavy atom. The zero-order valence-electron chi connectivity index (χ0n) is 19.9. The maximum Gasteiger partial charge on any atom is 0.236 e. The van der Waals surface area contributed by atoms with Gasteiger partial charge in [0.2, 0.25) is 5.91 Å². The van der Waals surface area contributed by atoms with Crippen molar-refractivity contribution in [2.24, 2.45) is 5.92 Å². The van der Waals surface area contributed by atoms with Crippen LogP contribution in [0.25, 0.3) is 0 Å². The van der Waals surface area contributed by atoms with E-state index in [0.29, 0.717) is 22.3 Å². The molecule has 6 nitrogen and oxygen atoms in total. The lowest BCUT2D eigenvalue weighted by atomic mass is 9.78. The Bertz CT molecular complexity index is 1330. The van der Waals surface area contributed by atoms with Gasteiger partial charge in [-0.3, -0.25) is 9.69 Å². The Hall–Kier alpha value is -3.65. The predicted molar refractivity (Wildman–Crippen MR) is 137 cm³/mol. The minimum Gasteiger partial charge on any atom is -0.493 e. The summed E-state index contributed by atoms with van der Waals surface area (Å²) < 4.78 is 25.9. The number of amides is 1. The summed E-state index contributed by atoms with van der Waals surface area (Å²) in [6.45, 7) is 5.80. The van der Waals surface area contributed by atoms with Crippen LogP contribution in [0.1, 0.15) is 29.7 Å². The van der Waals surface area contributed by atoms with E-state index in [4.69, 9.17) is 21.7 Å². The fraction of sp³-hybridized carbons (Fsp3) is 0.259. The molecule has 3 aromatic carbocycles. The number of rotatable bonds is 4. The molecule has 180 valence electrons. The first-order valence-corrected chi connectivity index (χ1v) is 11.7. The van der Waals surface area contributed by atoms with Crippen molar-refractivity contribution < 1.29 is 18.7 Å². The molecule has 1 fully saturated rings. The first-order chi connectivity index (χ1) is 16.7. The van der Waals surface area contributed by atoms with Gasteiger partial charge in [0, 0.05) is 16.9 Å². The molecule has 0 unspecified atom stereocenters. The normalized spacial score (nSPS) is 22.5. The zero-order chi connectivity index (χ0) is 24.9. The van der Waals surface area contributed by atoms with Crippen molar-refractivity contribution in [1.82, 2.24) is 5.32 Å². The smallest absolute Gasteiger partial charge is 0.236 e. The number of methoxy groups -OCH3 is 1. The van der Waals surface area contributed by atoms with Gasteiger partial charge in [-0.25, -0.2) is 4.39 Å². The summed E-state index contributed by atoms with van der Waals surface area (Å²) in [4.78, 5) is 15.7. The van der Waals surface area contributed by atoms with Gasteiger partial charge in [0.1, 0.15) is 11.7 Å². The molecule has 3 aromatic rings. The summed E-state index contributed by atoms with van der Waals surface area (Å²) in [5, 5.41) is 6.83. The lowest BCUT2D eigenvalue weighted by Gasteiger charge is -2.56. The van der Waals surface area contributed by atoms with Gasteiger partial charge in [-0.2, -0.15) is 0 Å². The highest BCUT2D eigenvalue weighted by atomic mass is 32.1. The minimum absolute atomic E-state index is 0.222. The van der Waals surface area contributed by atoms with Crippen LogP contribution < -0.4 is 25.0 Å². The Kier molecular flexibility index (Phi) is 5.63. The monoisotopic (exact) mass is 491 g/mol. The van der Waals surface area contributed by atoms with Crippen molar-refractivity contribution in [2.45, 2.75) is 32.5 Å². The first kappa shape index (κ1) is 23.1. The third-order valence-electron chi connectivity index (χ3n) is 6.72. The number of halogens is 1. The van der Waals surface area contributed by atoms with Crippen molar-refractivity contribution in [3.8, 4) is 11.5 Å². The quantitative estimate of drug-likeness (QED) is 0.486. The molecule has 2 aliphatic heterocycles. The van der Waals surface area contributed by atoms with Gasteiger partial charge in [-0.1, -0.05) is 29.8 Å². The lowest BCUT2D eigenvalue weighted by molar-refractivity contribution is -0.130. The fourth-order valence-electron chi connectivity index (χ4n) is 5.07. The molecule has 3 atom stereocenters. The van der Waals surface area contributed by atoms with Crippen LogP contribution in [0.2, 0.25) is 0 Å². The summed E-state index contributed by atoms with van der Waals surface area (Å²) in [6, 6.07) is 17.0. The SMILES string of the molecule is COc1cccc2c1O[C@]1(C)[C@H](C(=O)Nc3ccc(C)cc3C)[C@@H]2NC(=S)N1c1ccc(F)cc1. The number of nitrogens with one attached hydrogen (secondary N) is 2. The summed E-state index contributed by atoms with van der Waals surface area (Å²) >= 11 is 5.74. The van der Waals surface area contributed by atoms with E-state index in [2.05, 4.69) is 10.6 Å². The fourth-order valence-corrected chi connectivity index (χ4v) is 5.49. The summed E-state index contributed by atoms with van der Waals surface area (Å²) in [5.74, 6) is -0.200. The van der Waals surface area contributed by atoms with Crippen LogP contribution >= 0.6 is 12.2 Å². The third kappa shape index (κ3) is 3.78. The number of thiocarbonyl (C=S) groups is 1. The highest BCUT2D eigenvalue weighted by molar-refractivity contribution is 7.80. The Morgan fingerprint density at radius 3 is 2.60 bits per heavy atom. The van der Waals surface area contributed by atoms with Crippen LogP contribution in [-0.4, -0.2) is 23.9 Å². The van der Waals surface area contributed by atoms with Crippen molar-refractivity contribution >= 4 is 34.6 Å². The molecular formula is C27H26FN3O3S. The van der Waals surface area contributed by atoms with Gasteiger partial charge in [0.25, 0.3) is 0 Å². The average molecular weight is 492 g/mol. The first-order valence-electron chi connectivity index (χ1n) is 11.3. The molecule has 2 heterocycles. The number of nitrogens with zero attached hydrogens (tertiary/aromatic N) is 1. The topological polar surface area (TPSA) is 62.8 Å². The molecule has 1 amide bonds. The third-order valence-corrected chi connectivity index (χ3v) is 7.02. The molecule has 2 aliphatic rings. The maximum absolute atomic E-state index is 13.9. The molecule has 1 saturated heterocycles. The zero-order valence-corrected chi connectivity index (χ0v) is 20.7. The second kappa shape index (κ2) is 8.53. The molecule has 2 N–H and O–H groups in total. The van der Waals surface area contributed by atoms with Gasteiger partial charge in [0.15, 0.2) is 22.3 Å². The number of aryl methyl sites for hydroxylation is 2. The van der Waals surface area contributed by atoms with Crippen LogP contribution in [0.3, 0.4) is 0 Å². The van der Waals surface area contributed by atoms with Crippen molar-refractivity contribution in [3.05, 3.63) is 83.2 Å². The summed E-state index contributed by atoms with van der Waals surface area (Å²) in [7, 11) is 1.58. The van der Waals surface area contributed by atoms with Crippen LogP contribution in [0.15, 0.2) is 60.7 Å². The highest BCUT2D eigenvalue weighted by Crippen LogP contribution is 2.52. The number of anilines is 2. The minimum atomic E-state index is -1.23. The van der Waals surface area contributed by atoms with Gasteiger partial charge < -0.3 is 20.1 Å². The molecule has 0 aliphatic carbocycles. The Morgan fingerprint density at radius 2 is 1.91 bits per heavy atom. The molecule has 35 heavy (non-hydrogen) atoms. The van der Waals surface area contributed by atoms with E-state index >= 15 is 0 Å². The maximum atomic E-state index is 13.9. The number of ether oxygens (including phenoxy) is 2. The molecule has 0 spiro atoms. The Balaban J connectivity index is 1.64. The summed E-state index contributed by atoms with van der Waals surface area (Å²) in [6.07, 6.45) is 0. The number of hydrogen-bond donors (Lipinski definition) is 2. The van der Waals surface area contributed by atoms with Gasteiger partial charge in [-0.15, -0.1) is 0 Å². The molecule has 0 aromatic heterocycles. The molecule has 8 heteroatoms. The second-order valence-electron chi connectivity index (χ2n) is 9.06. The summed E-state index contributed by atoms with van der Waals surface area (Å²) in [5.41, 5.74) is 2.97. The van der Waals surface area contributed by atoms with E-state index in [1.54, 1.807) is 24.1 Å². The average Bonchev–Trinajstić information content (AvgIpc) is 2.81. The van der Waals surface area contributed by atoms with Crippen molar-refractivity contribution in [1.29, 1.82) is 0 Å². The van der Waals surface area contributed by atoms with Crippen molar-refractivity contribution in [2.75, 3.05) is 17.3 Å². The van der Waals surface area contributed by atoms with E-state index in [-0.39, 0.29) is 11.7 Å². The van der Waals surface area contributed by atoms with Crippen LogP contribution in [0, 0.1) is 25.6 Å². The van der Waals surface area contributed by atoms with E-state index in [1.165, 1.54) is 12.1 Å².